The van der Waals surface area contributed by atoms with E-state index in [4.69, 9.17) is 0 Å². The molecule has 0 aliphatic heterocycles. The van der Waals surface area contributed by atoms with E-state index >= 15 is 0 Å². The van der Waals surface area contributed by atoms with E-state index in [0.717, 1.165) is 24.1 Å². The summed E-state index contributed by atoms with van der Waals surface area (Å²) in [7, 11) is 1.78. The van der Waals surface area contributed by atoms with Crippen LogP contribution >= 0.6 is 0 Å². The van der Waals surface area contributed by atoms with Crippen LogP contribution in [0.15, 0.2) is 36.9 Å². The molecule has 0 unspecified atom stereocenters. The summed E-state index contributed by atoms with van der Waals surface area (Å²) < 4.78 is 0. The van der Waals surface area contributed by atoms with Crippen LogP contribution in [0, 0.1) is 0 Å². The molecule has 1 N–H and O–H groups in total. The molecule has 3 aromatic heterocycles. The van der Waals surface area contributed by atoms with Crippen LogP contribution in [0.3, 0.4) is 0 Å². The van der Waals surface area contributed by atoms with Gasteiger partial charge in [0.2, 0.25) is 0 Å². The molecule has 0 spiro atoms. The Morgan fingerprint density at radius 1 is 1.19 bits per heavy atom. The predicted molar refractivity (Wildman–Crippen MR) is 96.3 cm³/mol. The van der Waals surface area contributed by atoms with Gasteiger partial charge in [-0.25, -0.2) is 9.97 Å². The largest absolute Gasteiger partial charge is 0.336 e. The number of aromatic amines is 1. The number of carbonyl (C=O) groups excluding carboxylic acids is 1. The van der Waals surface area contributed by atoms with Gasteiger partial charge in [-0.1, -0.05) is 0 Å². The normalized spacial score (nSPS) is 13.3. The Hall–Kier alpha value is -3.09. The molecule has 7 nitrogen and oxygen atoms in total. The van der Waals surface area contributed by atoms with Crippen LogP contribution in [0.5, 0.6) is 0 Å². The van der Waals surface area contributed by atoms with Crippen LogP contribution in [-0.2, 0) is 19.4 Å². The van der Waals surface area contributed by atoms with Crippen LogP contribution < -0.4 is 0 Å². The minimum absolute atomic E-state index is 0.115. The van der Waals surface area contributed by atoms with Gasteiger partial charge in [-0.2, -0.15) is 5.10 Å². The van der Waals surface area contributed by atoms with Crippen molar-refractivity contribution in [3.63, 3.8) is 0 Å². The van der Waals surface area contributed by atoms with E-state index in [9.17, 15) is 4.79 Å². The molecule has 0 saturated heterocycles. The minimum Gasteiger partial charge on any atom is -0.336 e. The molecule has 1 amide bonds. The molecule has 3 heterocycles. The summed E-state index contributed by atoms with van der Waals surface area (Å²) in [6.07, 6.45) is 11.0. The van der Waals surface area contributed by atoms with Gasteiger partial charge in [0.05, 0.1) is 17.8 Å². The number of H-pyrrole nitrogens is 1. The fourth-order valence-corrected chi connectivity index (χ4v) is 3.28. The third kappa shape index (κ3) is 3.20. The molecule has 26 heavy (non-hydrogen) atoms. The quantitative estimate of drug-likeness (QED) is 0.782. The first-order valence-corrected chi connectivity index (χ1v) is 8.75. The second-order valence-corrected chi connectivity index (χ2v) is 6.53. The summed E-state index contributed by atoms with van der Waals surface area (Å²) in [5.41, 5.74) is 4.74. The number of pyridine rings is 1. The minimum atomic E-state index is -0.115. The molecule has 1 aliphatic carbocycles. The number of aryl methyl sites for hydroxylation is 1. The zero-order chi connectivity index (χ0) is 17.9. The number of nitrogens with zero attached hydrogens (tertiary/aromatic N) is 5. The first-order valence-electron chi connectivity index (χ1n) is 8.75. The van der Waals surface area contributed by atoms with Crippen LogP contribution in [0.25, 0.3) is 11.4 Å². The highest BCUT2D eigenvalue weighted by molar-refractivity contribution is 5.93. The molecule has 0 bridgehead atoms. The van der Waals surface area contributed by atoms with Crippen molar-refractivity contribution in [3.05, 3.63) is 59.4 Å². The average Bonchev–Trinajstić information content (AvgIpc) is 3.11. The Bertz CT molecular complexity index is 904. The molecule has 132 valence electrons. The van der Waals surface area contributed by atoms with Gasteiger partial charge in [0.15, 0.2) is 5.82 Å². The number of fused-ring (bicyclic) bond motifs is 1. The fraction of sp³-hybridized carbons (Fsp3) is 0.316. The topological polar surface area (TPSA) is 87.7 Å². The summed E-state index contributed by atoms with van der Waals surface area (Å²) in [5, 5.41) is 7.53. The number of rotatable bonds is 4. The van der Waals surface area contributed by atoms with Crippen molar-refractivity contribution in [2.24, 2.45) is 0 Å². The number of carbonyl (C=O) groups is 1. The zero-order valence-electron chi connectivity index (χ0n) is 14.6. The number of hydrogen-bond donors (Lipinski definition) is 1. The summed E-state index contributed by atoms with van der Waals surface area (Å²) in [5.74, 6) is 0.439. The van der Waals surface area contributed by atoms with Crippen molar-refractivity contribution in [1.82, 2.24) is 30.0 Å². The SMILES string of the molecule is CN(Cc1n[nH]c2c1CCCC2)C(=O)c1cnc(-c2cccnc2)nc1. The standard InChI is InChI=1S/C19H20N6O/c1-25(12-17-15-6-2-3-7-16(15)23-24-17)19(26)14-10-21-18(22-11-14)13-5-4-8-20-9-13/h4-5,8-11H,2-3,6-7,12H2,1H3,(H,23,24). The van der Waals surface area contributed by atoms with Crippen molar-refractivity contribution in [2.75, 3.05) is 7.05 Å². The molecular weight excluding hydrogens is 328 g/mol. The van der Waals surface area contributed by atoms with E-state index in [0.29, 0.717) is 17.9 Å². The summed E-state index contributed by atoms with van der Waals surface area (Å²) in [4.78, 5) is 27.0. The van der Waals surface area contributed by atoms with Crippen LogP contribution in [0.2, 0.25) is 0 Å². The molecular formula is C19H20N6O. The van der Waals surface area contributed by atoms with E-state index < -0.39 is 0 Å². The van der Waals surface area contributed by atoms with Crippen molar-refractivity contribution in [3.8, 4) is 11.4 Å². The van der Waals surface area contributed by atoms with E-state index in [2.05, 4.69) is 25.1 Å². The third-order valence-corrected chi connectivity index (χ3v) is 4.69. The first-order chi connectivity index (χ1) is 12.7. The van der Waals surface area contributed by atoms with Gasteiger partial charge < -0.3 is 4.90 Å². The monoisotopic (exact) mass is 348 g/mol. The number of amides is 1. The van der Waals surface area contributed by atoms with E-state index in [1.807, 2.05) is 12.1 Å². The van der Waals surface area contributed by atoms with Crippen molar-refractivity contribution >= 4 is 5.91 Å². The van der Waals surface area contributed by atoms with Crippen LogP contribution in [-0.4, -0.2) is 43.0 Å². The van der Waals surface area contributed by atoms with E-state index in [1.165, 1.54) is 24.1 Å². The highest BCUT2D eigenvalue weighted by Gasteiger charge is 2.20. The predicted octanol–water partition coefficient (Wildman–Crippen LogP) is 2.41. The molecule has 1 aliphatic rings. The molecule has 0 atom stereocenters. The van der Waals surface area contributed by atoms with Gasteiger partial charge in [0, 0.05) is 43.1 Å². The summed E-state index contributed by atoms with van der Waals surface area (Å²) in [6.45, 7) is 0.481. The van der Waals surface area contributed by atoms with Gasteiger partial charge >= 0.3 is 0 Å². The maximum absolute atomic E-state index is 12.7. The number of hydrogen-bond acceptors (Lipinski definition) is 5. The van der Waals surface area contributed by atoms with E-state index in [1.54, 1.807) is 36.7 Å². The molecule has 3 aromatic rings. The maximum Gasteiger partial charge on any atom is 0.257 e. The lowest BCUT2D eigenvalue weighted by molar-refractivity contribution is 0.0782. The van der Waals surface area contributed by atoms with Gasteiger partial charge in [-0.05, 0) is 43.4 Å². The lowest BCUT2D eigenvalue weighted by Gasteiger charge is -2.18. The highest BCUT2D eigenvalue weighted by Crippen LogP contribution is 2.23. The van der Waals surface area contributed by atoms with Gasteiger partial charge in [0.1, 0.15) is 0 Å². The van der Waals surface area contributed by atoms with Crippen LogP contribution in [0.1, 0.15) is 40.2 Å². The smallest absolute Gasteiger partial charge is 0.257 e. The summed E-state index contributed by atoms with van der Waals surface area (Å²) >= 11 is 0. The maximum atomic E-state index is 12.7. The molecule has 0 aromatic carbocycles. The number of nitrogens with one attached hydrogen (secondary N) is 1. The molecule has 0 radical (unpaired) electrons. The highest BCUT2D eigenvalue weighted by atomic mass is 16.2. The third-order valence-electron chi connectivity index (χ3n) is 4.69. The molecule has 0 fully saturated rings. The Balaban J connectivity index is 1.48. The zero-order valence-corrected chi connectivity index (χ0v) is 14.6. The van der Waals surface area contributed by atoms with Crippen LogP contribution in [0.4, 0.5) is 0 Å². The van der Waals surface area contributed by atoms with Crippen molar-refractivity contribution < 1.29 is 4.79 Å². The van der Waals surface area contributed by atoms with Crippen molar-refractivity contribution in [2.45, 2.75) is 32.2 Å². The molecule has 7 heteroatoms. The Kier molecular flexibility index (Phi) is 4.43. The van der Waals surface area contributed by atoms with Gasteiger partial charge in [-0.3, -0.25) is 14.9 Å². The Labute approximate surface area is 151 Å². The average molecular weight is 348 g/mol. The second-order valence-electron chi connectivity index (χ2n) is 6.53. The molecule has 0 saturated carbocycles. The first kappa shape index (κ1) is 16.4. The van der Waals surface area contributed by atoms with Crippen molar-refractivity contribution in [1.29, 1.82) is 0 Å². The lowest BCUT2D eigenvalue weighted by Crippen LogP contribution is -2.27. The lowest BCUT2D eigenvalue weighted by atomic mass is 9.96. The molecule has 4 rings (SSSR count). The Morgan fingerprint density at radius 2 is 2.00 bits per heavy atom. The summed E-state index contributed by atoms with van der Waals surface area (Å²) in [6, 6.07) is 3.72. The Morgan fingerprint density at radius 3 is 2.77 bits per heavy atom. The second kappa shape index (κ2) is 7.03. The fourth-order valence-electron chi connectivity index (χ4n) is 3.28. The van der Waals surface area contributed by atoms with Gasteiger partial charge in [-0.15, -0.1) is 0 Å². The van der Waals surface area contributed by atoms with Gasteiger partial charge in [0.25, 0.3) is 5.91 Å². The number of aromatic nitrogens is 5. The van der Waals surface area contributed by atoms with E-state index in [-0.39, 0.29) is 5.91 Å².